The molecule has 6 rings (SSSR count). The van der Waals surface area contributed by atoms with Crippen molar-refractivity contribution >= 4 is 28.6 Å². The molecular formula is C29H26F2N4O3. The number of oxazole rings is 1. The number of aromatic nitrogens is 2. The van der Waals surface area contributed by atoms with Crippen LogP contribution >= 0.6 is 0 Å². The number of likely N-dealkylation sites (tertiary alicyclic amines) is 1. The minimum Gasteiger partial charge on any atom is -0.436 e. The van der Waals surface area contributed by atoms with Gasteiger partial charge in [-0.2, -0.15) is 0 Å². The quantitative estimate of drug-likeness (QED) is 0.370. The van der Waals surface area contributed by atoms with Gasteiger partial charge in [0, 0.05) is 25.0 Å². The Labute approximate surface area is 217 Å². The lowest BCUT2D eigenvalue weighted by molar-refractivity contribution is -0.117. The van der Waals surface area contributed by atoms with E-state index < -0.39 is 23.8 Å². The van der Waals surface area contributed by atoms with Crippen molar-refractivity contribution in [2.24, 2.45) is 11.8 Å². The minimum atomic E-state index is -1.09. The number of halogens is 2. The molecule has 3 heterocycles. The summed E-state index contributed by atoms with van der Waals surface area (Å²) in [5, 5.41) is 2.67. The number of anilines is 1. The van der Waals surface area contributed by atoms with Gasteiger partial charge in [-0.15, -0.1) is 0 Å². The van der Waals surface area contributed by atoms with Crippen LogP contribution in [0.2, 0.25) is 0 Å². The Balaban J connectivity index is 1.16. The zero-order valence-corrected chi connectivity index (χ0v) is 20.6. The van der Waals surface area contributed by atoms with Gasteiger partial charge in [-0.25, -0.2) is 18.7 Å². The van der Waals surface area contributed by atoms with Crippen molar-refractivity contribution < 1.29 is 22.8 Å². The zero-order valence-electron chi connectivity index (χ0n) is 20.6. The molecular weight excluding hydrogens is 490 g/mol. The van der Waals surface area contributed by atoms with E-state index in [0.717, 1.165) is 19.3 Å². The van der Waals surface area contributed by atoms with Gasteiger partial charge in [-0.1, -0.05) is 30.3 Å². The monoisotopic (exact) mass is 516 g/mol. The van der Waals surface area contributed by atoms with Gasteiger partial charge < -0.3 is 14.6 Å². The average molecular weight is 517 g/mol. The summed E-state index contributed by atoms with van der Waals surface area (Å²) in [5.74, 6) is -1.75. The number of nitrogens with one attached hydrogen (secondary N) is 1. The number of fused-ring (bicyclic) bond motifs is 1. The van der Waals surface area contributed by atoms with E-state index >= 15 is 4.39 Å². The van der Waals surface area contributed by atoms with Gasteiger partial charge in [0.15, 0.2) is 17.1 Å². The highest BCUT2D eigenvalue weighted by molar-refractivity contribution is 5.96. The number of piperidine rings is 1. The van der Waals surface area contributed by atoms with Crippen molar-refractivity contribution in [2.75, 3.05) is 18.4 Å². The van der Waals surface area contributed by atoms with Crippen LogP contribution in [0.1, 0.15) is 35.3 Å². The fraction of sp³-hybridized carbons (Fsp3) is 0.310. The van der Waals surface area contributed by atoms with Crippen LogP contribution < -0.4 is 5.32 Å². The molecule has 1 saturated carbocycles. The van der Waals surface area contributed by atoms with E-state index in [1.165, 1.54) is 17.8 Å². The van der Waals surface area contributed by atoms with Crippen LogP contribution in [0.5, 0.6) is 0 Å². The molecule has 2 atom stereocenters. The van der Waals surface area contributed by atoms with Crippen LogP contribution in [-0.2, 0) is 11.2 Å². The molecule has 0 unspecified atom stereocenters. The van der Waals surface area contributed by atoms with Gasteiger partial charge in [-0.3, -0.25) is 9.59 Å². The summed E-state index contributed by atoms with van der Waals surface area (Å²) in [6, 6.07) is 16.5. The standard InChI is InChI=1S/C29H26F2N4O3/c30-22-16-21(22)27(36)33-19-6-7-24-23(15-19)34-28(38-24)20-8-11-32-26(25(20)31)29(37)35-12-9-18(10-13-35)14-17-4-2-1-3-5-17/h1-8,11,15,18,21-22H,9-10,12-14,16H2,(H,33,36)/t21-,22+/m1/s1. The van der Waals surface area contributed by atoms with Crippen molar-refractivity contribution in [3.05, 3.63) is 77.9 Å². The molecule has 0 bridgehead atoms. The van der Waals surface area contributed by atoms with Gasteiger partial charge in [0.05, 0.1) is 11.5 Å². The first-order valence-corrected chi connectivity index (χ1v) is 12.8. The lowest BCUT2D eigenvalue weighted by Crippen LogP contribution is -2.39. The van der Waals surface area contributed by atoms with E-state index in [1.807, 2.05) is 18.2 Å². The molecule has 7 nitrogen and oxygen atoms in total. The molecule has 0 spiro atoms. The molecule has 194 valence electrons. The topological polar surface area (TPSA) is 88.3 Å². The SMILES string of the molecule is O=C(Nc1ccc2oc(-c3ccnc(C(=O)N4CCC(Cc5ccccc5)CC4)c3F)nc2c1)[C@@H]1C[C@@H]1F. The van der Waals surface area contributed by atoms with E-state index in [-0.39, 0.29) is 29.5 Å². The third-order valence-electron chi connectivity index (χ3n) is 7.30. The first-order valence-electron chi connectivity index (χ1n) is 12.8. The van der Waals surface area contributed by atoms with Gasteiger partial charge in [-0.05, 0) is 61.4 Å². The fourth-order valence-electron chi connectivity index (χ4n) is 4.99. The summed E-state index contributed by atoms with van der Waals surface area (Å²) in [6.45, 7) is 1.09. The third-order valence-corrected chi connectivity index (χ3v) is 7.30. The van der Waals surface area contributed by atoms with Crippen LogP contribution in [0.4, 0.5) is 14.5 Å². The number of carbonyl (C=O) groups is 2. The first kappa shape index (κ1) is 24.2. The number of pyridine rings is 1. The Hall–Kier alpha value is -4.14. The summed E-state index contributed by atoms with van der Waals surface area (Å²) in [5.41, 5.74) is 2.28. The summed E-state index contributed by atoms with van der Waals surface area (Å²) >= 11 is 0. The number of amides is 2. The number of hydrogen-bond donors (Lipinski definition) is 1. The molecule has 2 amide bonds. The normalized spacial score (nSPS) is 19.5. The molecule has 9 heteroatoms. The molecule has 2 fully saturated rings. The van der Waals surface area contributed by atoms with Gasteiger partial charge in [0.2, 0.25) is 11.8 Å². The smallest absolute Gasteiger partial charge is 0.275 e. The molecule has 4 aromatic rings. The largest absolute Gasteiger partial charge is 0.436 e. The van der Waals surface area contributed by atoms with Crippen LogP contribution in [0.3, 0.4) is 0 Å². The highest BCUT2D eigenvalue weighted by Gasteiger charge is 2.43. The molecule has 1 saturated heterocycles. The Morgan fingerprint density at radius 3 is 2.58 bits per heavy atom. The maximum atomic E-state index is 15.5. The predicted octanol–water partition coefficient (Wildman–Crippen LogP) is 5.42. The van der Waals surface area contributed by atoms with Crippen LogP contribution in [0.15, 0.2) is 65.2 Å². The summed E-state index contributed by atoms with van der Waals surface area (Å²) in [7, 11) is 0. The summed E-state index contributed by atoms with van der Waals surface area (Å²) in [6.07, 6.45) is 3.17. The Bertz CT molecular complexity index is 1500. The lowest BCUT2D eigenvalue weighted by atomic mass is 9.90. The average Bonchev–Trinajstić information content (AvgIpc) is 3.52. The zero-order chi connectivity index (χ0) is 26.2. The van der Waals surface area contributed by atoms with Crippen LogP contribution in [-0.4, -0.2) is 45.9 Å². The van der Waals surface area contributed by atoms with Crippen LogP contribution in [0, 0.1) is 17.7 Å². The Kier molecular flexibility index (Phi) is 6.35. The van der Waals surface area contributed by atoms with Crippen molar-refractivity contribution in [1.29, 1.82) is 0 Å². The summed E-state index contributed by atoms with van der Waals surface area (Å²) < 4.78 is 34.4. The maximum absolute atomic E-state index is 15.5. The van der Waals surface area contributed by atoms with E-state index in [0.29, 0.717) is 35.8 Å². The van der Waals surface area contributed by atoms with Gasteiger partial charge in [0.1, 0.15) is 11.7 Å². The van der Waals surface area contributed by atoms with Gasteiger partial charge in [0.25, 0.3) is 5.91 Å². The second-order valence-corrected chi connectivity index (χ2v) is 10.00. The number of rotatable bonds is 6. The van der Waals surface area contributed by atoms with Crippen molar-refractivity contribution in [3.8, 4) is 11.5 Å². The Morgan fingerprint density at radius 2 is 1.84 bits per heavy atom. The number of benzene rings is 2. The lowest BCUT2D eigenvalue weighted by Gasteiger charge is -2.32. The van der Waals surface area contributed by atoms with Crippen molar-refractivity contribution in [1.82, 2.24) is 14.9 Å². The number of carbonyl (C=O) groups excluding carboxylic acids is 2. The fourth-order valence-corrected chi connectivity index (χ4v) is 4.99. The van der Waals surface area contributed by atoms with E-state index in [2.05, 4.69) is 27.4 Å². The molecule has 1 N–H and O–H groups in total. The van der Waals surface area contributed by atoms with Crippen LogP contribution in [0.25, 0.3) is 22.6 Å². The van der Waals surface area contributed by atoms with E-state index in [1.54, 1.807) is 23.1 Å². The molecule has 2 aromatic heterocycles. The second-order valence-electron chi connectivity index (χ2n) is 10.00. The molecule has 1 aliphatic heterocycles. The molecule has 1 aliphatic carbocycles. The van der Waals surface area contributed by atoms with Gasteiger partial charge >= 0.3 is 0 Å². The molecule has 0 radical (unpaired) electrons. The van der Waals surface area contributed by atoms with Crippen molar-refractivity contribution in [2.45, 2.75) is 31.9 Å². The number of alkyl halides is 1. The molecule has 2 aliphatic rings. The molecule has 38 heavy (non-hydrogen) atoms. The highest BCUT2D eigenvalue weighted by atomic mass is 19.1. The number of nitrogens with zero attached hydrogens (tertiary/aromatic N) is 3. The predicted molar refractivity (Wildman–Crippen MR) is 138 cm³/mol. The highest BCUT2D eigenvalue weighted by Crippen LogP contribution is 2.35. The minimum absolute atomic E-state index is 0.00464. The third kappa shape index (κ3) is 4.88. The van der Waals surface area contributed by atoms with Crippen molar-refractivity contribution in [3.63, 3.8) is 0 Å². The van der Waals surface area contributed by atoms with E-state index in [9.17, 15) is 14.0 Å². The maximum Gasteiger partial charge on any atom is 0.275 e. The number of hydrogen-bond acceptors (Lipinski definition) is 5. The first-order chi connectivity index (χ1) is 18.5. The second kappa shape index (κ2) is 9.96. The Morgan fingerprint density at radius 1 is 1.08 bits per heavy atom. The summed E-state index contributed by atoms with van der Waals surface area (Å²) in [4.78, 5) is 35.3. The molecule has 2 aromatic carbocycles. The van der Waals surface area contributed by atoms with E-state index in [4.69, 9.17) is 4.42 Å².